The number of benzene rings is 9. The molecule has 294 valence electrons. The molecule has 0 saturated heterocycles. The molecule has 0 bridgehead atoms. The highest BCUT2D eigenvalue weighted by molar-refractivity contribution is 6.07. The monoisotopic (exact) mass is 802 g/mol. The van der Waals surface area contributed by atoms with Gasteiger partial charge in [-0.3, -0.25) is 0 Å². The minimum absolute atomic E-state index is 0.623. The lowest BCUT2D eigenvalue weighted by molar-refractivity contribution is 0.669. The molecule has 3 heteroatoms. The fourth-order valence-corrected chi connectivity index (χ4v) is 10.6. The Kier molecular flexibility index (Phi) is 7.82. The first-order valence-electron chi connectivity index (χ1n) is 21.6. The Morgan fingerprint density at radius 1 is 0.349 bits per heavy atom. The van der Waals surface area contributed by atoms with Gasteiger partial charge in [-0.15, -0.1) is 0 Å². The summed E-state index contributed by atoms with van der Waals surface area (Å²) in [4.78, 5) is 7.98. The van der Waals surface area contributed by atoms with Crippen LogP contribution in [-0.2, 0) is 5.41 Å². The van der Waals surface area contributed by atoms with Crippen LogP contribution in [0.25, 0.3) is 77.8 Å². The van der Waals surface area contributed by atoms with Crippen molar-refractivity contribution in [1.29, 1.82) is 0 Å². The van der Waals surface area contributed by atoms with Crippen molar-refractivity contribution in [2.24, 2.45) is 0 Å². The molecule has 1 aliphatic carbocycles. The standard InChI is InChI=1S/C60H38N2O/c1-4-17-39(18-5-1)43-37-53(40-19-6-2-7-20-40)61-54(38-43)46-24-16-27-52-59(46)48-36-41(42-32-34-58-47(35-42)45-23-10-15-30-57(45)63-58)31-33-49(48)60(52)50-25-11-13-28-55(50)62(44-21-8-3-9-22-44)56-29-14-12-26-51(56)60/h1-38H. The second-order valence-electron chi connectivity index (χ2n) is 16.6. The van der Waals surface area contributed by atoms with Crippen LogP contribution in [0.4, 0.5) is 17.1 Å². The van der Waals surface area contributed by atoms with E-state index < -0.39 is 5.41 Å². The summed E-state index contributed by atoms with van der Waals surface area (Å²) in [6.45, 7) is 0. The quantitative estimate of drug-likeness (QED) is 0.174. The summed E-state index contributed by atoms with van der Waals surface area (Å²) in [5.74, 6) is 0. The van der Waals surface area contributed by atoms with E-state index >= 15 is 0 Å². The molecule has 2 aromatic heterocycles. The van der Waals surface area contributed by atoms with Gasteiger partial charge in [0.1, 0.15) is 11.2 Å². The maximum atomic E-state index is 6.28. The highest BCUT2D eigenvalue weighted by atomic mass is 16.3. The van der Waals surface area contributed by atoms with Crippen LogP contribution >= 0.6 is 0 Å². The number of anilines is 3. The number of para-hydroxylation sites is 4. The second kappa shape index (κ2) is 13.9. The van der Waals surface area contributed by atoms with Gasteiger partial charge in [0.25, 0.3) is 0 Å². The van der Waals surface area contributed by atoms with Gasteiger partial charge in [0.05, 0.1) is 28.2 Å². The fourth-order valence-electron chi connectivity index (χ4n) is 10.6. The second-order valence-corrected chi connectivity index (χ2v) is 16.6. The summed E-state index contributed by atoms with van der Waals surface area (Å²) >= 11 is 0. The Bertz CT molecular complexity index is 3470. The molecule has 0 N–H and O–H groups in total. The molecular weight excluding hydrogens is 765 g/mol. The van der Waals surface area contributed by atoms with Gasteiger partial charge >= 0.3 is 0 Å². The van der Waals surface area contributed by atoms with E-state index in [2.05, 4.69) is 223 Å². The van der Waals surface area contributed by atoms with Crippen LogP contribution in [0.2, 0.25) is 0 Å². The zero-order chi connectivity index (χ0) is 41.5. The van der Waals surface area contributed by atoms with Gasteiger partial charge in [0.2, 0.25) is 0 Å². The minimum Gasteiger partial charge on any atom is -0.456 e. The maximum absolute atomic E-state index is 6.28. The van der Waals surface area contributed by atoms with E-state index in [1.54, 1.807) is 0 Å². The van der Waals surface area contributed by atoms with Crippen LogP contribution in [-0.4, -0.2) is 4.98 Å². The average Bonchev–Trinajstić information content (AvgIpc) is 3.88. The number of nitrogens with zero attached hydrogens (tertiary/aromatic N) is 2. The van der Waals surface area contributed by atoms with Gasteiger partial charge < -0.3 is 9.32 Å². The predicted octanol–water partition coefficient (Wildman–Crippen LogP) is 15.8. The third kappa shape index (κ3) is 5.30. The number of hydrogen-bond acceptors (Lipinski definition) is 3. The molecule has 13 rings (SSSR count). The van der Waals surface area contributed by atoms with Crippen molar-refractivity contribution in [3.8, 4) is 55.9 Å². The predicted molar refractivity (Wildman–Crippen MR) is 259 cm³/mol. The van der Waals surface area contributed by atoms with E-state index in [4.69, 9.17) is 9.40 Å². The van der Waals surface area contributed by atoms with Crippen LogP contribution in [0.5, 0.6) is 0 Å². The number of pyridine rings is 1. The van der Waals surface area contributed by atoms with Crippen molar-refractivity contribution in [2.45, 2.75) is 5.41 Å². The zero-order valence-corrected chi connectivity index (χ0v) is 34.2. The van der Waals surface area contributed by atoms with Gasteiger partial charge in [0, 0.05) is 27.6 Å². The molecule has 0 radical (unpaired) electrons. The molecule has 0 unspecified atom stereocenters. The molecule has 63 heavy (non-hydrogen) atoms. The number of hydrogen-bond donors (Lipinski definition) is 0. The molecule has 9 aromatic carbocycles. The third-order valence-electron chi connectivity index (χ3n) is 13.3. The zero-order valence-electron chi connectivity index (χ0n) is 34.2. The van der Waals surface area contributed by atoms with Crippen LogP contribution < -0.4 is 4.90 Å². The molecule has 3 heterocycles. The van der Waals surface area contributed by atoms with Gasteiger partial charge in [0.15, 0.2) is 0 Å². The number of aromatic nitrogens is 1. The first kappa shape index (κ1) is 35.5. The van der Waals surface area contributed by atoms with E-state index in [9.17, 15) is 0 Å². The lowest BCUT2D eigenvalue weighted by atomic mass is 9.64. The van der Waals surface area contributed by atoms with Gasteiger partial charge in [-0.1, -0.05) is 170 Å². The lowest BCUT2D eigenvalue weighted by Gasteiger charge is -2.45. The molecule has 0 atom stereocenters. The van der Waals surface area contributed by atoms with Crippen molar-refractivity contribution >= 4 is 39.0 Å². The summed E-state index contributed by atoms with van der Waals surface area (Å²) in [7, 11) is 0. The molecule has 3 nitrogen and oxygen atoms in total. The molecule has 0 fully saturated rings. The van der Waals surface area contributed by atoms with Crippen LogP contribution in [0.1, 0.15) is 22.3 Å². The maximum Gasteiger partial charge on any atom is 0.135 e. The molecule has 1 aliphatic heterocycles. The first-order valence-corrected chi connectivity index (χ1v) is 21.6. The number of rotatable bonds is 5. The molecule has 0 amide bonds. The van der Waals surface area contributed by atoms with E-state index in [-0.39, 0.29) is 0 Å². The fraction of sp³-hybridized carbons (Fsp3) is 0.0167. The van der Waals surface area contributed by atoms with E-state index in [0.29, 0.717) is 0 Å². The summed E-state index contributed by atoms with van der Waals surface area (Å²) in [5.41, 5.74) is 20.7. The van der Waals surface area contributed by atoms with E-state index in [0.717, 1.165) is 72.4 Å². The summed E-state index contributed by atoms with van der Waals surface area (Å²) in [6, 6.07) is 83.5. The molecule has 1 spiro atoms. The Morgan fingerprint density at radius 2 is 0.937 bits per heavy atom. The summed E-state index contributed by atoms with van der Waals surface area (Å²) < 4.78 is 6.28. The average molecular weight is 803 g/mol. The topological polar surface area (TPSA) is 29.3 Å². The Morgan fingerprint density at radius 3 is 1.70 bits per heavy atom. The molecule has 0 saturated carbocycles. The lowest BCUT2D eigenvalue weighted by Crippen LogP contribution is -2.36. The smallest absolute Gasteiger partial charge is 0.135 e. The van der Waals surface area contributed by atoms with E-state index in [1.807, 2.05) is 12.1 Å². The van der Waals surface area contributed by atoms with Crippen molar-refractivity contribution in [3.63, 3.8) is 0 Å². The van der Waals surface area contributed by atoms with Gasteiger partial charge in [-0.25, -0.2) is 4.98 Å². The van der Waals surface area contributed by atoms with Gasteiger partial charge in [-0.05, 0) is 116 Å². The number of furan rings is 1. The van der Waals surface area contributed by atoms with Gasteiger partial charge in [-0.2, -0.15) is 0 Å². The van der Waals surface area contributed by atoms with Crippen LogP contribution in [0, 0.1) is 0 Å². The summed E-state index contributed by atoms with van der Waals surface area (Å²) in [6.07, 6.45) is 0. The Hall–Kier alpha value is -8.27. The Balaban J connectivity index is 1.12. The largest absolute Gasteiger partial charge is 0.456 e. The van der Waals surface area contributed by atoms with E-state index in [1.165, 1.54) is 44.8 Å². The highest BCUT2D eigenvalue weighted by Gasteiger charge is 2.52. The van der Waals surface area contributed by atoms with Crippen molar-refractivity contribution in [2.75, 3.05) is 4.90 Å². The number of fused-ring (bicyclic) bond motifs is 12. The molecule has 11 aromatic rings. The molecule has 2 aliphatic rings. The van der Waals surface area contributed by atoms with Crippen LogP contribution in [0.15, 0.2) is 235 Å². The summed E-state index contributed by atoms with van der Waals surface area (Å²) in [5, 5.41) is 2.24. The molecular formula is C60H38N2O. The normalized spacial score (nSPS) is 13.2. The SMILES string of the molecule is c1ccc(-c2cc(-c3ccccc3)nc(-c3cccc4c3-c3cc(-c5ccc6oc7ccccc7c6c5)ccc3C43c4ccccc4N(c4ccccc4)c4ccccc43)c2)cc1. The Labute approximate surface area is 365 Å². The highest BCUT2D eigenvalue weighted by Crippen LogP contribution is 2.65. The first-order chi connectivity index (χ1) is 31.2. The van der Waals surface area contributed by atoms with Crippen molar-refractivity contribution in [1.82, 2.24) is 4.98 Å². The van der Waals surface area contributed by atoms with Crippen molar-refractivity contribution < 1.29 is 4.42 Å². The van der Waals surface area contributed by atoms with Crippen LogP contribution in [0.3, 0.4) is 0 Å². The minimum atomic E-state index is -0.623. The van der Waals surface area contributed by atoms with Crippen molar-refractivity contribution in [3.05, 3.63) is 253 Å². The third-order valence-corrected chi connectivity index (χ3v) is 13.3.